The third kappa shape index (κ3) is 4.73. The van der Waals surface area contributed by atoms with Crippen LogP contribution in [-0.4, -0.2) is 24.2 Å². The summed E-state index contributed by atoms with van der Waals surface area (Å²) in [6, 6.07) is 18.0. The Morgan fingerprint density at radius 1 is 0.759 bits per heavy atom. The number of aromatic carboxylic acids is 1. The number of carbonyl (C=O) groups is 2. The third-order valence-electron chi connectivity index (χ3n) is 4.45. The molecule has 0 aliphatic carbocycles. The van der Waals surface area contributed by atoms with Gasteiger partial charge < -0.3 is 20.5 Å². The van der Waals surface area contributed by atoms with Gasteiger partial charge in [-0.25, -0.2) is 9.59 Å². The number of esters is 1. The van der Waals surface area contributed by atoms with Crippen molar-refractivity contribution in [3.63, 3.8) is 0 Å². The van der Waals surface area contributed by atoms with Crippen LogP contribution < -0.4 is 10.6 Å². The van der Waals surface area contributed by atoms with Crippen molar-refractivity contribution in [3.8, 4) is 0 Å². The second-order valence-corrected chi connectivity index (χ2v) is 6.72. The fourth-order valence-electron chi connectivity index (χ4n) is 2.85. The van der Waals surface area contributed by atoms with Gasteiger partial charge >= 0.3 is 11.9 Å². The first kappa shape index (κ1) is 19.9. The molecule has 0 bridgehead atoms. The number of carboxylic acid groups (broad SMARTS) is 1. The Kier molecular flexibility index (Phi) is 5.83. The minimum atomic E-state index is -1.11. The van der Waals surface area contributed by atoms with Crippen molar-refractivity contribution >= 4 is 34.7 Å². The maximum atomic E-state index is 12.4. The van der Waals surface area contributed by atoms with E-state index in [0.717, 1.165) is 16.8 Å². The average molecular weight is 390 g/mol. The van der Waals surface area contributed by atoms with Gasteiger partial charge in [-0.2, -0.15) is 0 Å². The van der Waals surface area contributed by atoms with Crippen LogP contribution in [0.15, 0.2) is 60.7 Å². The number of hydrogen-bond acceptors (Lipinski definition) is 5. The summed E-state index contributed by atoms with van der Waals surface area (Å²) in [5, 5.41) is 15.9. The normalized spacial score (nSPS) is 10.3. The SMILES string of the molecule is COC(=O)c1cc(Nc2ccc(C)cc2)c(C(=O)O)cc1Nc1ccc(C)cc1. The van der Waals surface area contributed by atoms with E-state index in [1.54, 1.807) is 0 Å². The van der Waals surface area contributed by atoms with E-state index < -0.39 is 11.9 Å². The molecule has 3 N–H and O–H groups in total. The van der Waals surface area contributed by atoms with Crippen LogP contribution in [0.1, 0.15) is 31.8 Å². The Balaban J connectivity index is 2.06. The van der Waals surface area contributed by atoms with Crippen molar-refractivity contribution in [2.45, 2.75) is 13.8 Å². The fourth-order valence-corrected chi connectivity index (χ4v) is 2.85. The lowest BCUT2D eigenvalue weighted by molar-refractivity contribution is 0.0600. The number of carbonyl (C=O) groups excluding carboxylic acids is 1. The summed E-state index contributed by atoms with van der Waals surface area (Å²) in [5.41, 5.74) is 4.54. The lowest BCUT2D eigenvalue weighted by atomic mass is 10.0. The maximum Gasteiger partial charge on any atom is 0.340 e. The molecule has 0 radical (unpaired) electrons. The minimum absolute atomic E-state index is 0.0350. The van der Waals surface area contributed by atoms with Crippen LogP contribution in [0.2, 0.25) is 0 Å². The molecule has 0 unspecified atom stereocenters. The highest BCUT2D eigenvalue weighted by Gasteiger charge is 2.20. The molecular formula is C23H22N2O4. The lowest BCUT2D eigenvalue weighted by Gasteiger charge is -2.16. The molecule has 0 aliphatic rings. The number of methoxy groups -OCH3 is 1. The summed E-state index contributed by atoms with van der Waals surface area (Å²) in [6.07, 6.45) is 0. The molecule has 0 amide bonds. The quantitative estimate of drug-likeness (QED) is 0.497. The predicted octanol–water partition coefficient (Wildman–Crippen LogP) is 5.28. The predicted molar refractivity (Wildman–Crippen MR) is 114 cm³/mol. The Hall–Kier alpha value is -3.80. The zero-order valence-electron chi connectivity index (χ0n) is 16.4. The van der Waals surface area contributed by atoms with E-state index in [4.69, 9.17) is 4.74 Å². The second-order valence-electron chi connectivity index (χ2n) is 6.72. The number of anilines is 4. The second kappa shape index (κ2) is 8.48. The number of hydrogen-bond donors (Lipinski definition) is 3. The van der Waals surface area contributed by atoms with Crippen molar-refractivity contribution in [3.05, 3.63) is 82.9 Å². The first-order valence-corrected chi connectivity index (χ1v) is 9.04. The first-order chi connectivity index (χ1) is 13.9. The number of benzene rings is 3. The molecule has 0 fully saturated rings. The van der Waals surface area contributed by atoms with E-state index in [1.165, 1.54) is 19.2 Å². The van der Waals surface area contributed by atoms with Gasteiger partial charge in [0.15, 0.2) is 0 Å². The van der Waals surface area contributed by atoms with E-state index >= 15 is 0 Å². The smallest absolute Gasteiger partial charge is 0.340 e. The highest BCUT2D eigenvalue weighted by atomic mass is 16.5. The van der Waals surface area contributed by atoms with Crippen LogP contribution in [0.5, 0.6) is 0 Å². The first-order valence-electron chi connectivity index (χ1n) is 9.04. The molecule has 148 valence electrons. The molecule has 0 heterocycles. The summed E-state index contributed by atoms with van der Waals surface area (Å²) in [5.74, 6) is -1.67. The van der Waals surface area contributed by atoms with Gasteiger partial charge in [-0.3, -0.25) is 0 Å². The van der Waals surface area contributed by atoms with Gasteiger partial charge in [0.25, 0.3) is 0 Å². The van der Waals surface area contributed by atoms with Crippen LogP contribution in [-0.2, 0) is 4.74 Å². The van der Waals surface area contributed by atoms with Crippen molar-refractivity contribution in [2.75, 3.05) is 17.7 Å². The average Bonchev–Trinajstić information content (AvgIpc) is 2.71. The van der Waals surface area contributed by atoms with Crippen LogP contribution in [0.3, 0.4) is 0 Å². The van der Waals surface area contributed by atoms with Crippen molar-refractivity contribution in [2.24, 2.45) is 0 Å². The number of aryl methyl sites for hydroxylation is 2. The zero-order chi connectivity index (χ0) is 21.0. The topological polar surface area (TPSA) is 87.7 Å². The maximum absolute atomic E-state index is 12.4. The number of ether oxygens (including phenoxy) is 1. The molecule has 0 atom stereocenters. The Morgan fingerprint density at radius 3 is 1.59 bits per heavy atom. The van der Waals surface area contributed by atoms with Crippen molar-refractivity contribution < 1.29 is 19.4 Å². The summed E-state index contributed by atoms with van der Waals surface area (Å²) >= 11 is 0. The zero-order valence-corrected chi connectivity index (χ0v) is 16.4. The largest absolute Gasteiger partial charge is 0.478 e. The molecule has 0 spiro atoms. The van der Waals surface area contributed by atoms with Crippen molar-refractivity contribution in [1.82, 2.24) is 0 Å². The van der Waals surface area contributed by atoms with Crippen LogP contribution >= 0.6 is 0 Å². The fraction of sp³-hybridized carbons (Fsp3) is 0.130. The molecule has 6 heteroatoms. The Morgan fingerprint density at radius 2 is 1.17 bits per heavy atom. The van der Waals surface area contributed by atoms with Crippen LogP contribution in [0.25, 0.3) is 0 Å². The van der Waals surface area contributed by atoms with E-state index in [-0.39, 0.29) is 11.1 Å². The Labute approximate surface area is 169 Å². The Bertz CT molecular complexity index is 1040. The molecule has 0 aliphatic heterocycles. The van der Waals surface area contributed by atoms with Gasteiger partial charge in [-0.1, -0.05) is 35.4 Å². The highest BCUT2D eigenvalue weighted by molar-refractivity contribution is 6.03. The van der Waals surface area contributed by atoms with E-state index in [1.807, 2.05) is 62.4 Å². The molecular weight excluding hydrogens is 368 g/mol. The molecule has 6 nitrogen and oxygen atoms in total. The van der Waals surface area contributed by atoms with Gasteiger partial charge in [-0.05, 0) is 50.2 Å². The summed E-state index contributed by atoms with van der Waals surface area (Å²) in [4.78, 5) is 24.3. The minimum Gasteiger partial charge on any atom is -0.478 e. The molecule has 0 aromatic heterocycles. The van der Waals surface area contributed by atoms with E-state index in [2.05, 4.69) is 10.6 Å². The highest BCUT2D eigenvalue weighted by Crippen LogP contribution is 2.31. The van der Waals surface area contributed by atoms with Gasteiger partial charge in [0, 0.05) is 11.4 Å². The third-order valence-corrected chi connectivity index (χ3v) is 4.45. The molecule has 0 saturated heterocycles. The molecule has 0 saturated carbocycles. The van der Waals surface area contributed by atoms with E-state index in [0.29, 0.717) is 17.1 Å². The van der Waals surface area contributed by atoms with Gasteiger partial charge in [0.1, 0.15) is 0 Å². The molecule has 29 heavy (non-hydrogen) atoms. The summed E-state index contributed by atoms with van der Waals surface area (Å²) < 4.78 is 4.90. The number of nitrogens with one attached hydrogen (secondary N) is 2. The summed E-state index contributed by atoms with van der Waals surface area (Å²) in [7, 11) is 1.29. The summed E-state index contributed by atoms with van der Waals surface area (Å²) in [6.45, 7) is 3.94. The number of carboxylic acids is 1. The van der Waals surface area contributed by atoms with Crippen molar-refractivity contribution in [1.29, 1.82) is 0 Å². The van der Waals surface area contributed by atoms with Crippen LogP contribution in [0.4, 0.5) is 22.7 Å². The monoisotopic (exact) mass is 390 g/mol. The van der Waals surface area contributed by atoms with Gasteiger partial charge in [0.05, 0.1) is 29.6 Å². The lowest BCUT2D eigenvalue weighted by Crippen LogP contribution is -2.11. The molecule has 3 aromatic rings. The van der Waals surface area contributed by atoms with Crippen LogP contribution in [0, 0.1) is 13.8 Å². The number of rotatable bonds is 6. The van der Waals surface area contributed by atoms with Gasteiger partial charge in [-0.15, -0.1) is 0 Å². The van der Waals surface area contributed by atoms with E-state index in [9.17, 15) is 14.7 Å². The van der Waals surface area contributed by atoms with Gasteiger partial charge in [0.2, 0.25) is 0 Å². The standard InChI is InChI=1S/C23H22N2O4/c1-14-4-8-16(9-5-14)24-20-13-19(23(28)29-3)21(12-18(20)22(26)27)25-17-10-6-15(2)7-11-17/h4-13,24-25H,1-3H3,(H,26,27). The molecule has 3 aromatic carbocycles. The molecule has 3 rings (SSSR count).